The number of oxime groups is 1. The minimum absolute atomic E-state index is 0.129. The van der Waals surface area contributed by atoms with Crippen LogP contribution in [-0.4, -0.2) is 17.1 Å². The average molecular weight is 207 g/mol. The molecule has 0 saturated heterocycles. The quantitative estimate of drug-likeness (QED) is 0.306. The van der Waals surface area contributed by atoms with Gasteiger partial charge >= 0.3 is 0 Å². The highest BCUT2D eigenvalue weighted by Gasteiger charge is 2.11. The summed E-state index contributed by atoms with van der Waals surface area (Å²) in [4.78, 5) is 0. The van der Waals surface area contributed by atoms with Gasteiger partial charge in [0.05, 0.1) is 6.04 Å². The first-order chi connectivity index (χ1) is 7.19. The van der Waals surface area contributed by atoms with E-state index in [4.69, 9.17) is 10.9 Å². The van der Waals surface area contributed by atoms with E-state index in [-0.39, 0.29) is 11.9 Å². The molecule has 0 fully saturated rings. The van der Waals surface area contributed by atoms with Crippen LogP contribution in [0.5, 0.6) is 0 Å². The largest absolute Gasteiger partial charge is 0.409 e. The second-order valence-corrected chi connectivity index (χ2v) is 3.44. The van der Waals surface area contributed by atoms with Crippen molar-refractivity contribution in [2.24, 2.45) is 10.9 Å². The third-order valence-corrected chi connectivity index (χ3v) is 2.36. The maximum Gasteiger partial charge on any atom is 0.161 e. The van der Waals surface area contributed by atoms with Crippen molar-refractivity contribution in [3.63, 3.8) is 0 Å². The number of para-hydroxylation sites is 1. The van der Waals surface area contributed by atoms with Gasteiger partial charge in [-0.05, 0) is 25.0 Å². The fraction of sp³-hybridized carbons (Fsp3) is 0.364. The SMILES string of the molecule is CCC(Nc1ccccc1C)C(N)=NO. The summed E-state index contributed by atoms with van der Waals surface area (Å²) < 4.78 is 0. The van der Waals surface area contributed by atoms with Gasteiger partial charge in [-0.3, -0.25) is 0 Å². The number of rotatable bonds is 4. The molecule has 1 aromatic rings. The van der Waals surface area contributed by atoms with Crippen molar-refractivity contribution in [3.8, 4) is 0 Å². The molecule has 1 unspecified atom stereocenters. The number of nitrogens with one attached hydrogen (secondary N) is 1. The number of benzene rings is 1. The molecule has 82 valence electrons. The summed E-state index contributed by atoms with van der Waals surface area (Å²) in [6.45, 7) is 4.00. The van der Waals surface area contributed by atoms with E-state index in [9.17, 15) is 0 Å². The predicted octanol–water partition coefficient (Wildman–Crippen LogP) is 1.93. The number of nitrogens with two attached hydrogens (primary N) is 1. The minimum Gasteiger partial charge on any atom is -0.409 e. The number of amidine groups is 1. The Morgan fingerprint density at radius 2 is 2.20 bits per heavy atom. The fourth-order valence-electron chi connectivity index (χ4n) is 1.38. The predicted molar refractivity (Wildman–Crippen MR) is 62.3 cm³/mol. The van der Waals surface area contributed by atoms with Crippen molar-refractivity contribution in [1.82, 2.24) is 0 Å². The molecular formula is C11H17N3O. The summed E-state index contributed by atoms with van der Waals surface area (Å²) >= 11 is 0. The Balaban J connectivity index is 2.80. The second kappa shape index (κ2) is 5.24. The number of aryl methyl sites for hydroxylation is 1. The molecule has 1 atom stereocenters. The van der Waals surface area contributed by atoms with Gasteiger partial charge in [0.15, 0.2) is 5.84 Å². The van der Waals surface area contributed by atoms with Crippen LogP contribution >= 0.6 is 0 Å². The third kappa shape index (κ3) is 2.87. The van der Waals surface area contributed by atoms with Crippen LogP contribution in [0.4, 0.5) is 5.69 Å². The molecule has 1 aromatic carbocycles. The van der Waals surface area contributed by atoms with E-state index in [1.54, 1.807) is 0 Å². The zero-order valence-corrected chi connectivity index (χ0v) is 9.07. The van der Waals surface area contributed by atoms with Crippen LogP contribution in [-0.2, 0) is 0 Å². The number of anilines is 1. The first-order valence-electron chi connectivity index (χ1n) is 4.98. The van der Waals surface area contributed by atoms with Crippen LogP contribution < -0.4 is 11.1 Å². The topological polar surface area (TPSA) is 70.6 Å². The molecule has 0 aliphatic carbocycles. The maximum absolute atomic E-state index is 8.61. The summed E-state index contributed by atoms with van der Waals surface area (Å²) in [5, 5.41) is 14.9. The Hall–Kier alpha value is -1.71. The van der Waals surface area contributed by atoms with Gasteiger partial charge in [-0.15, -0.1) is 0 Å². The highest BCUT2D eigenvalue weighted by molar-refractivity contribution is 5.87. The Bertz CT molecular complexity index is 349. The Morgan fingerprint density at radius 3 is 2.73 bits per heavy atom. The van der Waals surface area contributed by atoms with Crippen molar-refractivity contribution >= 4 is 11.5 Å². The highest BCUT2D eigenvalue weighted by Crippen LogP contribution is 2.15. The van der Waals surface area contributed by atoms with E-state index in [1.165, 1.54) is 0 Å². The molecule has 0 aliphatic heterocycles. The summed E-state index contributed by atoms with van der Waals surface area (Å²) in [5.41, 5.74) is 7.71. The van der Waals surface area contributed by atoms with Crippen molar-refractivity contribution < 1.29 is 5.21 Å². The summed E-state index contributed by atoms with van der Waals surface area (Å²) in [6, 6.07) is 7.79. The van der Waals surface area contributed by atoms with Crippen molar-refractivity contribution in [1.29, 1.82) is 0 Å². The summed E-state index contributed by atoms with van der Waals surface area (Å²) in [7, 11) is 0. The van der Waals surface area contributed by atoms with Gasteiger partial charge in [0.25, 0.3) is 0 Å². The van der Waals surface area contributed by atoms with Crippen LogP contribution in [0.3, 0.4) is 0 Å². The average Bonchev–Trinajstić information content (AvgIpc) is 2.27. The van der Waals surface area contributed by atoms with Gasteiger partial charge in [-0.1, -0.05) is 30.3 Å². The second-order valence-electron chi connectivity index (χ2n) is 3.44. The van der Waals surface area contributed by atoms with E-state index < -0.39 is 0 Å². The Morgan fingerprint density at radius 1 is 1.53 bits per heavy atom. The number of hydrogen-bond acceptors (Lipinski definition) is 3. The van der Waals surface area contributed by atoms with Crippen LogP contribution in [0.15, 0.2) is 29.4 Å². The molecule has 0 spiro atoms. The molecule has 0 radical (unpaired) electrons. The molecular weight excluding hydrogens is 190 g/mol. The van der Waals surface area contributed by atoms with E-state index in [0.29, 0.717) is 0 Å². The van der Waals surface area contributed by atoms with Crippen molar-refractivity contribution in [2.45, 2.75) is 26.3 Å². The fourth-order valence-corrected chi connectivity index (χ4v) is 1.38. The van der Waals surface area contributed by atoms with E-state index in [2.05, 4.69) is 10.5 Å². The van der Waals surface area contributed by atoms with Gasteiger partial charge in [-0.25, -0.2) is 0 Å². The lowest BCUT2D eigenvalue weighted by molar-refractivity contribution is 0.316. The molecule has 0 heterocycles. The first-order valence-corrected chi connectivity index (χ1v) is 4.98. The molecule has 4 nitrogen and oxygen atoms in total. The maximum atomic E-state index is 8.61. The molecule has 0 aromatic heterocycles. The summed E-state index contributed by atoms with van der Waals surface area (Å²) in [6.07, 6.45) is 0.768. The minimum atomic E-state index is -0.129. The molecule has 1 rings (SSSR count). The van der Waals surface area contributed by atoms with E-state index in [0.717, 1.165) is 17.7 Å². The monoisotopic (exact) mass is 207 g/mol. The third-order valence-electron chi connectivity index (χ3n) is 2.36. The van der Waals surface area contributed by atoms with Gasteiger partial charge in [0.1, 0.15) is 0 Å². The number of nitrogens with zero attached hydrogens (tertiary/aromatic N) is 1. The molecule has 0 saturated carbocycles. The van der Waals surface area contributed by atoms with Crippen LogP contribution in [0.2, 0.25) is 0 Å². The lowest BCUT2D eigenvalue weighted by Crippen LogP contribution is -2.35. The van der Waals surface area contributed by atoms with E-state index >= 15 is 0 Å². The molecule has 0 bridgehead atoms. The number of hydrogen-bond donors (Lipinski definition) is 3. The van der Waals surface area contributed by atoms with Crippen molar-refractivity contribution in [2.75, 3.05) is 5.32 Å². The Kier molecular flexibility index (Phi) is 3.97. The van der Waals surface area contributed by atoms with Gasteiger partial charge in [-0.2, -0.15) is 0 Å². The van der Waals surface area contributed by atoms with Gasteiger partial charge < -0.3 is 16.3 Å². The molecule has 4 heteroatoms. The lowest BCUT2D eigenvalue weighted by Gasteiger charge is -2.18. The first kappa shape index (κ1) is 11.4. The molecule has 4 N–H and O–H groups in total. The molecule has 0 amide bonds. The zero-order chi connectivity index (χ0) is 11.3. The standard InChI is InChI=1S/C11H17N3O/c1-3-9(11(12)14-15)13-10-7-5-4-6-8(10)2/h4-7,9,13,15H,3H2,1-2H3,(H2,12,14). The van der Waals surface area contributed by atoms with Crippen LogP contribution in [0, 0.1) is 6.92 Å². The Labute approximate surface area is 89.8 Å². The van der Waals surface area contributed by atoms with Gasteiger partial charge in [0.2, 0.25) is 0 Å². The molecule has 15 heavy (non-hydrogen) atoms. The lowest BCUT2D eigenvalue weighted by atomic mass is 10.1. The van der Waals surface area contributed by atoms with Crippen molar-refractivity contribution in [3.05, 3.63) is 29.8 Å². The summed E-state index contributed by atoms with van der Waals surface area (Å²) in [5.74, 6) is 0.209. The van der Waals surface area contributed by atoms with Crippen LogP contribution in [0.25, 0.3) is 0 Å². The highest BCUT2D eigenvalue weighted by atomic mass is 16.4. The smallest absolute Gasteiger partial charge is 0.161 e. The molecule has 0 aliphatic rings. The zero-order valence-electron chi connectivity index (χ0n) is 9.07. The van der Waals surface area contributed by atoms with E-state index in [1.807, 2.05) is 38.1 Å². The normalized spacial score (nSPS) is 13.6. The van der Waals surface area contributed by atoms with Crippen LogP contribution in [0.1, 0.15) is 18.9 Å². The van der Waals surface area contributed by atoms with Gasteiger partial charge in [0, 0.05) is 5.69 Å².